The third kappa shape index (κ3) is 4.57. The van der Waals surface area contributed by atoms with Crippen LogP contribution in [0.15, 0.2) is 36.4 Å². The van der Waals surface area contributed by atoms with Gasteiger partial charge >= 0.3 is 0 Å². The van der Waals surface area contributed by atoms with Crippen LogP contribution in [0.25, 0.3) is 12.2 Å². The number of phenols is 6. The Morgan fingerprint density at radius 1 is 0.630 bits per heavy atom. The Bertz CT molecular complexity index is 879. The van der Waals surface area contributed by atoms with Crippen molar-refractivity contribution in [1.29, 1.82) is 0 Å². The first-order valence-electron chi connectivity index (χ1n) is 7.60. The summed E-state index contributed by atoms with van der Waals surface area (Å²) in [4.78, 5) is 23.6. The van der Waals surface area contributed by atoms with E-state index in [2.05, 4.69) is 0 Å². The number of hydrogen-bond acceptors (Lipinski definition) is 8. The molecule has 0 amide bonds. The summed E-state index contributed by atoms with van der Waals surface area (Å²) in [7, 11) is 0. The number of carbonyl (C=O) groups excluding carboxylic acids is 2. The van der Waals surface area contributed by atoms with Crippen molar-refractivity contribution in [1.82, 2.24) is 0 Å². The van der Waals surface area contributed by atoms with Crippen LogP contribution in [-0.4, -0.2) is 42.2 Å². The molecule has 27 heavy (non-hydrogen) atoms. The zero-order chi connectivity index (χ0) is 20.1. The summed E-state index contributed by atoms with van der Waals surface area (Å²) in [6, 6.07) is 4.81. The lowest BCUT2D eigenvalue weighted by Gasteiger charge is -2.03. The van der Waals surface area contributed by atoms with Gasteiger partial charge < -0.3 is 30.6 Å². The predicted octanol–water partition coefficient (Wildman–Crippen LogP) is 2.18. The minimum absolute atomic E-state index is 0.0751. The fraction of sp³-hybridized carbons (Fsp3) is 0.0526. The van der Waals surface area contributed by atoms with Crippen molar-refractivity contribution in [3.8, 4) is 34.5 Å². The van der Waals surface area contributed by atoms with Gasteiger partial charge in [-0.1, -0.05) is 0 Å². The normalized spacial score (nSPS) is 11.3. The molecule has 0 unspecified atom stereocenters. The lowest BCUT2D eigenvalue weighted by atomic mass is 10.1. The molecule has 2 aromatic rings. The number of allylic oxidation sites excluding steroid dienone is 2. The van der Waals surface area contributed by atoms with Gasteiger partial charge in [-0.05, 0) is 48.6 Å². The lowest BCUT2D eigenvalue weighted by molar-refractivity contribution is -0.121. The Morgan fingerprint density at radius 3 is 1.37 bits per heavy atom. The Morgan fingerprint density at radius 2 is 1.00 bits per heavy atom. The lowest BCUT2D eigenvalue weighted by Crippen LogP contribution is -2.01. The molecule has 0 aliphatic heterocycles. The summed E-state index contributed by atoms with van der Waals surface area (Å²) in [6.45, 7) is 0. The van der Waals surface area contributed by atoms with Crippen molar-refractivity contribution in [2.45, 2.75) is 6.42 Å². The van der Waals surface area contributed by atoms with Crippen molar-refractivity contribution in [3.63, 3.8) is 0 Å². The number of rotatable bonds is 6. The van der Waals surface area contributed by atoms with Gasteiger partial charge in [-0.2, -0.15) is 0 Å². The molecular weight excluding hydrogens is 356 g/mol. The summed E-state index contributed by atoms with van der Waals surface area (Å²) in [6.07, 6.45) is 3.92. The van der Waals surface area contributed by atoms with E-state index in [1.165, 1.54) is 24.3 Å². The third-order valence-corrected chi connectivity index (χ3v) is 3.57. The molecule has 0 aromatic heterocycles. The van der Waals surface area contributed by atoms with Crippen molar-refractivity contribution in [2.75, 3.05) is 0 Å². The van der Waals surface area contributed by atoms with Gasteiger partial charge in [0.1, 0.15) is 0 Å². The van der Waals surface area contributed by atoms with Crippen LogP contribution in [0.5, 0.6) is 34.5 Å². The summed E-state index contributed by atoms with van der Waals surface area (Å²) >= 11 is 0. The zero-order valence-corrected chi connectivity index (χ0v) is 13.8. The van der Waals surface area contributed by atoms with Gasteiger partial charge in [-0.25, -0.2) is 0 Å². The zero-order valence-electron chi connectivity index (χ0n) is 13.8. The first-order chi connectivity index (χ1) is 12.7. The van der Waals surface area contributed by atoms with E-state index in [4.69, 9.17) is 0 Å². The number of aromatic hydroxyl groups is 6. The van der Waals surface area contributed by atoms with Crippen LogP contribution in [0, 0.1) is 0 Å². The maximum atomic E-state index is 11.8. The summed E-state index contributed by atoms with van der Waals surface area (Å²) in [5.41, 5.74) is 0.150. The molecule has 0 fully saturated rings. The fourth-order valence-electron chi connectivity index (χ4n) is 2.09. The van der Waals surface area contributed by atoms with E-state index in [1.807, 2.05) is 0 Å². The topological polar surface area (TPSA) is 156 Å². The van der Waals surface area contributed by atoms with Gasteiger partial charge in [0.2, 0.25) is 11.5 Å². The molecule has 0 aliphatic carbocycles. The average Bonchev–Trinajstić information content (AvgIpc) is 2.63. The molecule has 0 saturated heterocycles. The molecule has 0 radical (unpaired) electrons. The molecule has 0 bridgehead atoms. The Balaban J connectivity index is 2.03. The molecule has 0 saturated carbocycles. The molecule has 0 spiro atoms. The van der Waals surface area contributed by atoms with E-state index in [0.29, 0.717) is 0 Å². The van der Waals surface area contributed by atoms with Gasteiger partial charge in [-0.3, -0.25) is 9.59 Å². The van der Waals surface area contributed by atoms with Crippen LogP contribution in [0.1, 0.15) is 17.5 Å². The van der Waals surface area contributed by atoms with Crippen LogP contribution in [0.4, 0.5) is 0 Å². The highest BCUT2D eigenvalue weighted by atomic mass is 16.3. The molecule has 0 heterocycles. The SMILES string of the molecule is O=C(C=Cc1ccc(O)c(O)c1O)CC(=O)C=Cc1ccc(O)c(O)c1O. The van der Waals surface area contributed by atoms with Gasteiger partial charge in [0, 0.05) is 11.1 Å². The highest BCUT2D eigenvalue weighted by molar-refractivity contribution is 6.11. The first kappa shape index (κ1) is 19.4. The number of phenolic OH excluding ortho intramolecular Hbond substituents is 6. The summed E-state index contributed by atoms with van der Waals surface area (Å²) in [5.74, 6) is -4.86. The smallest absolute Gasteiger partial charge is 0.200 e. The maximum absolute atomic E-state index is 11.8. The van der Waals surface area contributed by atoms with E-state index in [1.54, 1.807) is 0 Å². The molecule has 2 rings (SSSR count). The molecular formula is C19H16O8. The van der Waals surface area contributed by atoms with Crippen molar-refractivity contribution in [3.05, 3.63) is 47.5 Å². The maximum Gasteiger partial charge on any atom is 0.200 e. The Kier molecular flexibility index (Phi) is 5.71. The molecule has 2 aromatic carbocycles. The Hall–Kier alpha value is -3.94. The van der Waals surface area contributed by atoms with E-state index < -0.39 is 52.5 Å². The highest BCUT2D eigenvalue weighted by Crippen LogP contribution is 2.38. The minimum Gasteiger partial charge on any atom is -0.504 e. The summed E-state index contributed by atoms with van der Waals surface area (Å²) < 4.78 is 0. The van der Waals surface area contributed by atoms with Gasteiger partial charge in [0.15, 0.2) is 34.6 Å². The largest absolute Gasteiger partial charge is 0.504 e. The van der Waals surface area contributed by atoms with Crippen molar-refractivity contribution in [2.24, 2.45) is 0 Å². The van der Waals surface area contributed by atoms with E-state index >= 15 is 0 Å². The average molecular weight is 372 g/mol. The Labute approximate surface area is 153 Å². The van der Waals surface area contributed by atoms with E-state index in [9.17, 15) is 40.2 Å². The van der Waals surface area contributed by atoms with Crippen LogP contribution < -0.4 is 0 Å². The molecule has 0 atom stereocenters. The predicted molar refractivity (Wildman–Crippen MR) is 95.6 cm³/mol. The van der Waals surface area contributed by atoms with Crippen molar-refractivity contribution >= 4 is 23.7 Å². The number of hydrogen-bond donors (Lipinski definition) is 6. The summed E-state index contributed by atoms with van der Waals surface area (Å²) in [5, 5.41) is 56.5. The van der Waals surface area contributed by atoms with Crippen LogP contribution in [0.3, 0.4) is 0 Å². The molecule has 0 aliphatic rings. The number of carbonyl (C=O) groups is 2. The second-order valence-electron chi connectivity index (χ2n) is 5.52. The third-order valence-electron chi connectivity index (χ3n) is 3.57. The highest BCUT2D eigenvalue weighted by Gasteiger charge is 2.11. The molecule has 6 N–H and O–H groups in total. The van der Waals surface area contributed by atoms with E-state index in [-0.39, 0.29) is 11.1 Å². The molecule has 140 valence electrons. The second kappa shape index (κ2) is 7.96. The molecule has 8 heteroatoms. The minimum atomic E-state index is -0.722. The van der Waals surface area contributed by atoms with Crippen LogP contribution in [-0.2, 0) is 9.59 Å². The van der Waals surface area contributed by atoms with E-state index in [0.717, 1.165) is 24.3 Å². The second-order valence-corrected chi connectivity index (χ2v) is 5.52. The monoisotopic (exact) mass is 372 g/mol. The quantitative estimate of drug-likeness (QED) is 0.256. The number of ketones is 2. The van der Waals surface area contributed by atoms with Crippen LogP contribution in [0.2, 0.25) is 0 Å². The van der Waals surface area contributed by atoms with Crippen molar-refractivity contribution < 1.29 is 40.2 Å². The molecule has 8 nitrogen and oxygen atoms in total. The van der Waals surface area contributed by atoms with Gasteiger partial charge in [0.05, 0.1) is 6.42 Å². The van der Waals surface area contributed by atoms with Gasteiger partial charge in [0.25, 0.3) is 0 Å². The fourth-order valence-corrected chi connectivity index (χ4v) is 2.09. The number of benzene rings is 2. The first-order valence-corrected chi connectivity index (χ1v) is 7.60. The van der Waals surface area contributed by atoms with Gasteiger partial charge in [-0.15, -0.1) is 0 Å². The van der Waals surface area contributed by atoms with Crippen LogP contribution >= 0.6 is 0 Å². The standard InChI is InChI=1S/C19H16O8/c20-12(5-1-10-3-7-14(22)18(26)16(10)24)9-13(21)6-2-11-4-8-15(23)19(27)17(11)25/h1-8,22-27H,9H2.